The number of nitrogens with one attached hydrogen (secondary N) is 1. The molecule has 2 heterocycles. The predicted octanol–water partition coefficient (Wildman–Crippen LogP) is 3.15. The number of hydrogen-bond donors (Lipinski definition) is 1. The molecule has 9 heteroatoms. The molecular weight excluding hydrogens is 418 g/mol. The van der Waals surface area contributed by atoms with Gasteiger partial charge in [0.1, 0.15) is 5.76 Å². The summed E-state index contributed by atoms with van der Waals surface area (Å²) in [6, 6.07) is 10.6. The van der Waals surface area contributed by atoms with Crippen molar-refractivity contribution in [1.82, 2.24) is 9.80 Å². The number of anilines is 1. The van der Waals surface area contributed by atoms with E-state index >= 15 is 0 Å². The van der Waals surface area contributed by atoms with Crippen LogP contribution in [-0.4, -0.2) is 66.7 Å². The monoisotopic (exact) mass is 445 g/mol. The summed E-state index contributed by atoms with van der Waals surface area (Å²) >= 11 is 5.61. The van der Waals surface area contributed by atoms with E-state index in [1.165, 1.54) is 7.11 Å². The molecule has 0 atom stereocenters. The Morgan fingerprint density at radius 2 is 1.90 bits per heavy atom. The summed E-state index contributed by atoms with van der Waals surface area (Å²) in [5.41, 5.74) is 1.10. The highest BCUT2D eigenvalue weighted by Gasteiger charge is 2.20. The van der Waals surface area contributed by atoms with Gasteiger partial charge in [0.2, 0.25) is 5.76 Å². The van der Waals surface area contributed by atoms with Gasteiger partial charge >= 0.3 is 11.9 Å². The third kappa shape index (κ3) is 6.05. The average molecular weight is 446 g/mol. The quantitative estimate of drug-likeness (QED) is 0.532. The Kier molecular flexibility index (Phi) is 8.02. The zero-order chi connectivity index (χ0) is 22.2. The Labute approximate surface area is 187 Å². The van der Waals surface area contributed by atoms with Crippen molar-refractivity contribution in [1.29, 1.82) is 0 Å². The van der Waals surface area contributed by atoms with Crippen LogP contribution in [0.4, 0.5) is 5.69 Å². The van der Waals surface area contributed by atoms with Gasteiger partial charge in [0.15, 0.2) is 5.11 Å². The lowest BCUT2D eigenvalue weighted by atomic mass is 10.2. The number of para-hydroxylation sites is 1. The Morgan fingerprint density at radius 1 is 1.10 bits per heavy atom. The van der Waals surface area contributed by atoms with Crippen LogP contribution < -0.4 is 5.32 Å². The first-order valence-corrected chi connectivity index (χ1v) is 10.6. The van der Waals surface area contributed by atoms with Gasteiger partial charge in [-0.2, -0.15) is 0 Å². The molecule has 1 aliphatic rings. The number of rotatable bonds is 6. The van der Waals surface area contributed by atoms with E-state index in [1.807, 2.05) is 12.1 Å². The maximum atomic E-state index is 12.2. The van der Waals surface area contributed by atoms with Crippen molar-refractivity contribution in [3.05, 3.63) is 53.5 Å². The fourth-order valence-electron chi connectivity index (χ4n) is 3.40. The van der Waals surface area contributed by atoms with Crippen molar-refractivity contribution < 1.29 is 23.5 Å². The van der Waals surface area contributed by atoms with Gasteiger partial charge < -0.3 is 24.1 Å². The first-order valence-electron chi connectivity index (χ1n) is 10.2. The molecule has 1 saturated heterocycles. The second-order valence-corrected chi connectivity index (χ2v) is 7.46. The van der Waals surface area contributed by atoms with Crippen molar-refractivity contribution in [2.45, 2.75) is 19.9 Å². The van der Waals surface area contributed by atoms with Crippen LogP contribution in [0.25, 0.3) is 0 Å². The number of hydrogen-bond acceptors (Lipinski definition) is 7. The fourth-order valence-corrected chi connectivity index (χ4v) is 3.69. The molecule has 3 rings (SSSR count). The van der Waals surface area contributed by atoms with Crippen LogP contribution in [0.2, 0.25) is 0 Å². The predicted molar refractivity (Wildman–Crippen MR) is 120 cm³/mol. The summed E-state index contributed by atoms with van der Waals surface area (Å²) in [6.07, 6.45) is 0.923. The Hall–Kier alpha value is -2.91. The largest absolute Gasteiger partial charge is 0.463 e. The number of methoxy groups -OCH3 is 1. The maximum Gasteiger partial charge on any atom is 0.373 e. The maximum absolute atomic E-state index is 12.2. The lowest BCUT2D eigenvalue weighted by Crippen LogP contribution is -2.38. The molecule has 1 fully saturated rings. The summed E-state index contributed by atoms with van der Waals surface area (Å²) in [4.78, 5) is 28.1. The lowest BCUT2D eigenvalue weighted by Gasteiger charge is -2.25. The first kappa shape index (κ1) is 22.8. The van der Waals surface area contributed by atoms with Crippen molar-refractivity contribution in [3.8, 4) is 0 Å². The molecule has 0 unspecified atom stereocenters. The molecule has 0 aliphatic carbocycles. The molecule has 1 N–H and O–H groups in total. The summed E-state index contributed by atoms with van der Waals surface area (Å²) < 4.78 is 15.4. The molecule has 0 bridgehead atoms. The minimum atomic E-state index is -0.479. The molecule has 0 saturated carbocycles. The molecule has 2 aromatic rings. The van der Waals surface area contributed by atoms with E-state index < -0.39 is 5.97 Å². The minimum Gasteiger partial charge on any atom is -0.463 e. The van der Waals surface area contributed by atoms with Gasteiger partial charge in [-0.1, -0.05) is 12.1 Å². The van der Waals surface area contributed by atoms with Crippen LogP contribution in [0.15, 0.2) is 40.8 Å². The number of nitrogens with zero attached hydrogens (tertiary/aromatic N) is 2. The molecular formula is C22H27N3O5S. The number of thiocarbonyl (C=S) groups is 1. The number of furan rings is 1. The summed E-state index contributed by atoms with van der Waals surface area (Å²) in [5, 5.41) is 3.78. The van der Waals surface area contributed by atoms with Crippen molar-refractivity contribution in [2.24, 2.45) is 0 Å². The number of carbonyl (C=O) groups excluding carboxylic acids is 2. The van der Waals surface area contributed by atoms with E-state index in [-0.39, 0.29) is 11.7 Å². The minimum absolute atomic E-state index is 0.208. The summed E-state index contributed by atoms with van der Waals surface area (Å²) in [6.45, 7) is 5.91. The van der Waals surface area contributed by atoms with E-state index in [0.29, 0.717) is 29.5 Å². The molecule has 31 heavy (non-hydrogen) atoms. The normalized spacial score (nSPS) is 14.6. The number of carbonyl (C=O) groups is 2. The van der Waals surface area contributed by atoms with Crippen LogP contribution in [0, 0.1) is 0 Å². The molecule has 8 nitrogen and oxygen atoms in total. The van der Waals surface area contributed by atoms with E-state index in [9.17, 15) is 9.59 Å². The van der Waals surface area contributed by atoms with E-state index in [0.717, 1.165) is 38.4 Å². The van der Waals surface area contributed by atoms with Gasteiger partial charge in [0.05, 0.1) is 31.5 Å². The molecule has 166 valence electrons. The van der Waals surface area contributed by atoms with Crippen molar-refractivity contribution in [3.63, 3.8) is 0 Å². The summed E-state index contributed by atoms with van der Waals surface area (Å²) in [7, 11) is 1.33. The third-order valence-electron chi connectivity index (χ3n) is 4.97. The van der Waals surface area contributed by atoms with Crippen LogP contribution in [0.3, 0.4) is 0 Å². The third-order valence-corrected chi connectivity index (χ3v) is 5.33. The van der Waals surface area contributed by atoms with E-state index in [2.05, 4.69) is 19.9 Å². The number of benzene rings is 1. The van der Waals surface area contributed by atoms with Gasteiger partial charge in [0.25, 0.3) is 0 Å². The molecule has 1 aliphatic heterocycles. The first-order chi connectivity index (χ1) is 15.0. The van der Waals surface area contributed by atoms with Crippen LogP contribution in [0.5, 0.6) is 0 Å². The zero-order valence-electron chi connectivity index (χ0n) is 17.8. The van der Waals surface area contributed by atoms with Gasteiger partial charge in [-0.05, 0) is 49.8 Å². The van der Waals surface area contributed by atoms with Gasteiger partial charge in [-0.25, -0.2) is 9.59 Å². The van der Waals surface area contributed by atoms with Crippen molar-refractivity contribution in [2.75, 3.05) is 45.2 Å². The van der Waals surface area contributed by atoms with E-state index in [4.69, 9.17) is 21.4 Å². The number of ether oxygens (including phenoxy) is 2. The highest BCUT2D eigenvalue weighted by molar-refractivity contribution is 7.80. The van der Waals surface area contributed by atoms with E-state index in [1.54, 1.807) is 31.2 Å². The van der Waals surface area contributed by atoms with Gasteiger partial charge in [-0.15, -0.1) is 0 Å². The topological polar surface area (TPSA) is 84.2 Å². The molecule has 0 amide bonds. The van der Waals surface area contributed by atoms with Crippen LogP contribution >= 0.6 is 12.2 Å². The van der Waals surface area contributed by atoms with Gasteiger partial charge in [0, 0.05) is 26.2 Å². The average Bonchev–Trinajstić information content (AvgIpc) is 3.11. The second kappa shape index (κ2) is 10.9. The standard InChI is InChI=1S/C22H27N3O5S/c1-3-29-20(26)17-7-4-5-8-18(17)23-22(31)25-12-6-11-24(13-14-25)15-16-9-10-19(30-16)21(27)28-2/h4-5,7-10H,3,6,11-15H2,1-2H3,(H,23,31). The van der Waals surface area contributed by atoms with Crippen LogP contribution in [0.1, 0.15) is 40.0 Å². The Morgan fingerprint density at radius 3 is 2.68 bits per heavy atom. The van der Waals surface area contributed by atoms with Crippen LogP contribution in [-0.2, 0) is 16.0 Å². The fraction of sp³-hybridized carbons (Fsp3) is 0.409. The molecule has 0 spiro atoms. The Balaban J connectivity index is 1.57. The highest BCUT2D eigenvalue weighted by atomic mass is 32.1. The molecule has 1 aromatic heterocycles. The molecule has 0 radical (unpaired) electrons. The SMILES string of the molecule is CCOC(=O)c1ccccc1NC(=S)N1CCCN(Cc2ccc(C(=O)OC)o2)CC1. The smallest absolute Gasteiger partial charge is 0.373 e. The lowest BCUT2D eigenvalue weighted by molar-refractivity contribution is 0.0525. The Bertz CT molecular complexity index is 929. The highest BCUT2D eigenvalue weighted by Crippen LogP contribution is 2.18. The molecule has 1 aromatic carbocycles. The zero-order valence-corrected chi connectivity index (χ0v) is 18.6. The number of esters is 2. The summed E-state index contributed by atoms with van der Waals surface area (Å²) in [5.74, 6) is 0.0746. The van der Waals surface area contributed by atoms with Gasteiger partial charge in [-0.3, -0.25) is 4.90 Å². The second-order valence-electron chi connectivity index (χ2n) is 7.07. The van der Waals surface area contributed by atoms with Crippen molar-refractivity contribution >= 4 is 35.0 Å².